The van der Waals surface area contributed by atoms with Gasteiger partial charge in [-0.2, -0.15) is 0 Å². The van der Waals surface area contributed by atoms with E-state index >= 15 is 0 Å². The lowest BCUT2D eigenvalue weighted by molar-refractivity contribution is 0.184. The molecule has 0 spiro atoms. The third-order valence-corrected chi connectivity index (χ3v) is 10.3. The molecule has 0 aliphatic rings. The van der Waals surface area contributed by atoms with E-state index in [4.69, 9.17) is 14.2 Å². The van der Waals surface area contributed by atoms with Crippen LogP contribution in [0.4, 0.5) is 0 Å². The van der Waals surface area contributed by atoms with E-state index in [9.17, 15) is 9.67 Å². The maximum atomic E-state index is 11.1. The van der Waals surface area contributed by atoms with Crippen molar-refractivity contribution in [2.24, 2.45) is 5.92 Å². The highest BCUT2D eigenvalue weighted by molar-refractivity contribution is 7.55. The molecule has 0 fully saturated rings. The minimum absolute atomic E-state index is 0.167. The largest absolute Gasteiger partial charge is 0.407 e. The molecule has 152 valence electrons. The van der Waals surface area contributed by atoms with E-state index in [1.54, 1.807) is 0 Å². The van der Waals surface area contributed by atoms with Crippen LogP contribution in [0.15, 0.2) is 72.6 Å². The minimum atomic E-state index is -4.28. The molecule has 0 saturated heterocycles. The third kappa shape index (κ3) is 5.51. The molecular formula is C21H29O5PSi. The van der Waals surface area contributed by atoms with Crippen LogP contribution in [0.25, 0.3) is 0 Å². The van der Waals surface area contributed by atoms with Gasteiger partial charge in [0.2, 0.25) is 0 Å². The molecule has 0 aromatic heterocycles. The van der Waals surface area contributed by atoms with Crippen molar-refractivity contribution in [2.45, 2.75) is 25.8 Å². The van der Waals surface area contributed by atoms with E-state index in [-0.39, 0.29) is 18.3 Å². The summed E-state index contributed by atoms with van der Waals surface area (Å²) in [6.07, 6.45) is 1.35. The molecule has 5 nitrogen and oxygen atoms in total. The van der Waals surface area contributed by atoms with Crippen molar-refractivity contribution in [1.29, 1.82) is 0 Å². The average Bonchev–Trinajstić information content (AvgIpc) is 2.64. The molecule has 3 N–H and O–H groups in total. The zero-order chi connectivity index (χ0) is 20.8. The number of aliphatic hydroxyl groups excluding tert-OH is 1. The molecule has 0 amide bonds. The average molecular weight is 421 g/mol. The maximum absolute atomic E-state index is 11.1. The molecule has 28 heavy (non-hydrogen) atoms. The number of hydrogen-bond donors (Lipinski definition) is 3. The van der Waals surface area contributed by atoms with Gasteiger partial charge in [0, 0.05) is 18.3 Å². The van der Waals surface area contributed by atoms with Crippen LogP contribution in [0.3, 0.4) is 0 Å². The lowest BCUT2D eigenvalue weighted by Crippen LogP contribution is -2.66. The first kappa shape index (κ1) is 22.8. The molecule has 0 radical (unpaired) electrons. The summed E-state index contributed by atoms with van der Waals surface area (Å²) >= 11 is 0. The van der Waals surface area contributed by atoms with Gasteiger partial charge < -0.3 is 19.3 Å². The highest BCUT2D eigenvalue weighted by Gasteiger charge is 2.50. The molecule has 7 heteroatoms. The Bertz CT molecular complexity index is 772. The molecule has 2 aromatic rings. The van der Waals surface area contributed by atoms with Crippen molar-refractivity contribution >= 4 is 26.3 Å². The topological polar surface area (TPSA) is 87.0 Å². The summed E-state index contributed by atoms with van der Waals surface area (Å²) in [5, 5.41) is 11.7. The van der Waals surface area contributed by atoms with Gasteiger partial charge in [-0.3, -0.25) is 4.57 Å². The third-order valence-electron chi connectivity index (χ3n) is 4.72. The predicted octanol–water partition coefficient (Wildman–Crippen LogP) is 2.86. The van der Waals surface area contributed by atoms with Crippen LogP contribution in [0, 0.1) is 5.92 Å². The van der Waals surface area contributed by atoms with Crippen LogP contribution in [-0.4, -0.2) is 36.4 Å². The molecule has 0 heterocycles. The number of benzene rings is 2. The molecular weight excluding hydrogens is 391 g/mol. The van der Waals surface area contributed by atoms with Gasteiger partial charge in [0.25, 0.3) is 8.32 Å². The molecule has 1 atom stereocenters. The van der Waals surface area contributed by atoms with Gasteiger partial charge in [0.1, 0.15) is 0 Å². The molecule has 0 saturated carbocycles. The van der Waals surface area contributed by atoms with E-state index in [2.05, 4.69) is 45.0 Å². The second kappa shape index (κ2) is 9.31. The fourth-order valence-corrected chi connectivity index (χ4v) is 8.48. The Labute approximate surface area is 168 Å². The van der Waals surface area contributed by atoms with Crippen LogP contribution >= 0.6 is 7.60 Å². The number of aliphatic hydroxyl groups is 1. The van der Waals surface area contributed by atoms with Crippen molar-refractivity contribution in [1.82, 2.24) is 0 Å². The lowest BCUT2D eigenvalue weighted by Gasteiger charge is -2.43. The molecule has 2 aromatic carbocycles. The smallest absolute Gasteiger partial charge is 0.348 e. The first-order valence-corrected chi connectivity index (χ1v) is 12.8. The summed E-state index contributed by atoms with van der Waals surface area (Å²) in [5.41, 5.74) is 0. The maximum Gasteiger partial charge on any atom is 0.348 e. The quantitative estimate of drug-likeness (QED) is 0.452. The van der Waals surface area contributed by atoms with E-state index in [1.807, 2.05) is 36.4 Å². The molecule has 0 aliphatic carbocycles. The van der Waals surface area contributed by atoms with Gasteiger partial charge in [-0.1, -0.05) is 87.5 Å². The second-order valence-electron chi connectivity index (χ2n) is 7.85. The van der Waals surface area contributed by atoms with Crippen molar-refractivity contribution < 1.29 is 23.9 Å². The van der Waals surface area contributed by atoms with Gasteiger partial charge in [0.15, 0.2) is 0 Å². The first-order chi connectivity index (χ1) is 13.1. The van der Waals surface area contributed by atoms with Gasteiger partial charge in [-0.05, 0) is 15.4 Å². The summed E-state index contributed by atoms with van der Waals surface area (Å²) < 4.78 is 17.8. The molecule has 2 rings (SSSR count). The summed E-state index contributed by atoms with van der Waals surface area (Å²) in [4.78, 5) is 18.2. The normalized spacial score (nSPS) is 14.4. The van der Waals surface area contributed by atoms with Crippen LogP contribution < -0.4 is 10.4 Å². The van der Waals surface area contributed by atoms with Gasteiger partial charge in [-0.25, -0.2) is 0 Å². The zero-order valence-corrected chi connectivity index (χ0v) is 18.4. The summed E-state index contributed by atoms with van der Waals surface area (Å²) in [6.45, 7) is 6.37. The van der Waals surface area contributed by atoms with Gasteiger partial charge in [0.05, 0.1) is 6.61 Å². The lowest BCUT2D eigenvalue weighted by atomic mass is 10.2. The zero-order valence-electron chi connectivity index (χ0n) is 16.5. The summed E-state index contributed by atoms with van der Waals surface area (Å²) in [7, 11) is -7.02. The van der Waals surface area contributed by atoms with Gasteiger partial charge >= 0.3 is 7.60 Å². The second-order valence-corrected chi connectivity index (χ2v) is 13.6. The Morgan fingerprint density at radius 1 is 1.00 bits per heavy atom. The Morgan fingerprint density at radius 2 is 1.46 bits per heavy atom. The van der Waals surface area contributed by atoms with Crippen LogP contribution in [0.1, 0.15) is 20.8 Å². The van der Waals surface area contributed by atoms with E-state index in [0.717, 1.165) is 16.2 Å². The molecule has 0 bridgehead atoms. The van der Waals surface area contributed by atoms with Crippen molar-refractivity contribution in [3.63, 3.8) is 0 Å². The van der Waals surface area contributed by atoms with Crippen LogP contribution in [0.2, 0.25) is 5.04 Å². The van der Waals surface area contributed by atoms with Crippen LogP contribution in [0.5, 0.6) is 0 Å². The van der Waals surface area contributed by atoms with Crippen molar-refractivity contribution in [3.8, 4) is 0 Å². The van der Waals surface area contributed by atoms with E-state index in [1.165, 1.54) is 6.08 Å². The SMILES string of the molecule is CC(C)(C)[Si](OCC(C=CP(=O)(O)O)CO)(c1ccccc1)c1ccccc1. The van der Waals surface area contributed by atoms with Gasteiger partial charge in [-0.15, -0.1) is 0 Å². The van der Waals surface area contributed by atoms with E-state index < -0.39 is 21.8 Å². The minimum Gasteiger partial charge on any atom is -0.407 e. The molecule has 0 aliphatic heterocycles. The fraction of sp³-hybridized carbons (Fsp3) is 0.333. The highest BCUT2D eigenvalue weighted by atomic mass is 31.2. The Morgan fingerprint density at radius 3 is 1.82 bits per heavy atom. The number of rotatable bonds is 8. The van der Waals surface area contributed by atoms with E-state index in [0.29, 0.717) is 0 Å². The predicted molar refractivity (Wildman–Crippen MR) is 115 cm³/mol. The van der Waals surface area contributed by atoms with Crippen molar-refractivity contribution in [2.75, 3.05) is 13.2 Å². The standard InChI is InChI=1S/C21H29O5PSi/c1-21(2,3)28(19-10-6-4-7-11-19,20-12-8-5-9-13-20)26-17-18(16-22)14-15-27(23,24)25/h4-15,18,22H,16-17H2,1-3H3,(H2,23,24,25). The van der Waals surface area contributed by atoms with Crippen molar-refractivity contribution in [3.05, 3.63) is 72.6 Å². The Balaban J connectivity index is 2.50. The first-order valence-electron chi connectivity index (χ1n) is 9.20. The highest BCUT2D eigenvalue weighted by Crippen LogP contribution is 2.38. The molecule has 1 unspecified atom stereocenters. The Kier molecular flexibility index (Phi) is 7.57. The summed E-state index contributed by atoms with van der Waals surface area (Å²) in [5.74, 6) is 0.331. The summed E-state index contributed by atoms with van der Waals surface area (Å²) in [6, 6.07) is 20.2. The monoisotopic (exact) mass is 420 g/mol. The Hall–Kier alpha value is -1.53. The number of hydrogen-bond acceptors (Lipinski definition) is 3. The van der Waals surface area contributed by atoms with Crippen LogP contribution in [-0.2, 0) is 8.99 Å². The fourth-order valence-electron chi connectivity index (χ4n) is 3.40.